The summed E-state index contributed by atoms with van der Waals surface area (Å²) in [6.45, 7) is 4.40. The van der Waals surface area contributed by atoms with Crippen molar-refractivity contribution in [3.8, 4) is 17.2 Å². The average molecular weight is 431 g/mol. The molecule has 0 saturated heterocycles. The highest BCUT2D eigenvalue weighted by atomic mass is 19.2. The maximum Gasteiger partial charge on any atom is 0.205 e. The minimum Gasteiger partial charge on any atom is -0.486 e. The van der Waals surface area contributed by atoms with Gasteiger partial charge in [-0.25, -0.2) is 4.39 Å². The van der Waals surface area contributed by atoms with Crippen LogP contribution in [0.3, 0.4) is 0 Å². The molecule has 0 bridgehead atoms. The van der Waals surface area contributed by atoms with E-state index < -0.39 is 17.5 Å². The highest BCUT2D eigenvalue weighted by molar-refractivity contribution is 5.54. The zero-order chi connectivity index (χ0) is 22.0. The van der Waals surface area contributed by atoms with Gasteiger partial charge in [-0.05, 0) is 48.8 Å². The maximum atomic E-state index is 14.8. The molecule has 1 heterocycles. The molecule has 0 radical (unpaired) electrons. The molecule has 0 fully saturated rings. The predicted octanol–water partition coefficient (Wildman–Crippen LogP) is 7.66. The van der Waals surface area contributed by atoms with Crippen LogP contribution in [0.25, 0.3) is 0 Å². The van der Waals surface area contributed by atoms with E-state index in [1.807, 2.05) is 6.92 Å². The van der Waals surface area contributed by atoms with Crippen LogP contribution in [0.1, 0.15) is 69.1 Å². The molecule has 2 aromatic rings. The van der Waals surface area contributed by atoms with E-state index >= 15 is 0 Å². The molecule has 1 aliphatic heterocycles. The van der Waals surface area contributed by atoms with Crippen molar-refractivity contribution in [2.45, 2.75) is 65.2 Å². The number of hydrogen-bond acceptors (Lipinski definition) is 2. The Morgan fingerprint density at radius 3 is 2.52 bits per heavy atom. The molecule has 1 atom stereocenters. The monoisotopic (exact) mass is 430 g/mol. The number of hydrogen-bond donors (Lipinski definition) is 0. The first-order valence-corrected chi connectivity index (χ1v) is 11.3. The summed E-state index contributed by atoms with van der Waals surface area (Å²) < 4.78 is 55.5. The van der Waals surface area contributed by atoms with Crippen molar-refractivity contribution in [2.24, 2.45) is 5.92 Å². The van der Waals surface area contributed by atoms with Crippen molar-refractivity contribution in [1.82, 2.24) is 0 Å². The number of rotatable bonds is 7. The molecule has 166 valence electrons. The molecule has 2 aromatic carbocycles. The van der Waals surface area contributed by atoms with Gasteiger partial charge < -0.3 is 9.47 Å². The van der Waals surface area contributed by atoms with Crippen LogP contribution in [0.5, 0.6) is 17.2 Å². The second-order valence-electron chi connectivity index (χ2n) is 8.63. The molecule has 0 amide bonds. The number of halogens is 3. The van der Waals surface area contributed by atoms with E-state index in [1.165, 1.54) is 18.9 Å². The van der Waals surface area contributed by atoms with Crippen molar-refractivity contribution in [2.75, 3.05) is 6.61 Å². The Kier molecular flexibility index (Phi) is 6.59. The summed E-state index contributed by atoms with van der Waals surface area (Å²) in [4.78, 5) is 0. The van der Waals surface area contributed by atoms with E-state index in [0.29, 0.717) is 29.0 Å². The van der Waals surface area contributed by atoms with Gasteiger partial charge in [-0.2, -0.15) is 8.78 Å². The van der Waals surface area contributed by atoms with Crippen molar-refractivity contribution < 1.29 is 22.6 Å². The fourth-order valence-electron chi connectivity index (χ4n) is 4.55. The van der Waals surface area contributed by atoms with Crippen LogP contribution in [0.2, 0.25) is 0 Å². The van der Waals surface area contributed by atoms with Crippen LogP contribution in [0.4, 0.5) is 13.2 Å². The zero-order valence-corrected chi connectivity index (χ0v) is 18.2. The fraction of sp³-hybridized carbons (Fsp3) is 0.462. The quantitative estimate of drug-likeness (QED) is 0.358. The molecule has 1 unspecified atom stereocenters. The van der Waals surface area contributed by atoms with Gasteiger partial charge in [0.05, 0.1) is 0 Å². The molecule has 5 heteroatoms. The van der Waals surface area contributed by atoms with Crippen molar-refractivity contribution >= 4 is 0 Å². The minimum atomic E-state index is -1.13. The summed E-state index contributed by atoms with van der Waals surface area (Å²) in [6, 6.07) is 5.02. The molecule has 0 spiro atoms. The molecular weight excluding hydrogens is 401 g/mol. The van der Waals surface area contributed by atoms with Gasteiger partial charge in [0.25, 0.3) is 0 Å². The lowest BCUT2D eigenvalue weighted by Crippen LogP contribution is -2.13. The third-order valence-corrected chi connectivity index (χ3v) is 6.29. The van der Waals surface area contributed by atoms with Gasteiger partial charge in [0.1, 0.15) is 6.61 Å². The fourth-order valence-corrected chi connectivity index (χ4v) is 4.55. The zero-order valence-electron chi connectivity index (χ0n) is 18.2. The minimum absolute atomic E-state index is 0.000544. The number of allylic oxidation sites excluding steroid dienone is 1. The summed E-state index contributed by atoms with van der Waals surface area (Å²) in [7, 11) is 0. The molecule has 4 rings (SSSR count). The van der Waals surface area contributed by atoms with Gasteiger partial charge in [0, 0.05) is 17.5 Å². The van der Waals surface area contributed by atoms with E-state index in [2.05, 4.69) is 13.0 Å². The van der Waals surface area contributed by atoms with E-state index in [-0.39, 0.29) is 30.3 Å². The van der Waals surface area contributed by atoms with Crippen LogP contribution in [-0.4, -0.2) is 6.61 Å². The SMILES string of the molecule is CCCc1ccc2c(c1F)Oc1c(cc(OCC3=CCC(CCC)CC3)c(F)c1F)C2. The van der Waals surface area contributed by atoms with Crippen molar-refractivity contribution in [3.05, 3.63) is 64.0 Å². The lowest BCUT2D eigenvalue weighted by molar-refractivity contribution is 0.303. The topological polar surface area (TPSA) is 18.5 Å². The molecule has 0 saturated carbocycles. The summed E-state index contributed by atoms with van der Waals surface area (Å²) in [5, 5.41) is 0. The molecule has 0 N–H and O–H groups in total. The second-order valence-corrected chi connectivity index (χ2v) is 8.63. The van der Waals surface area contributed by atoms with Gasteiger partial charge in [-0.15, -0.1) is 0 Å². The normalized spacial score (nSPS) is 17.5. The number of aryl methyl sites for hydroxylation is 1. The Hall–Kier alpha value is -2.43. The molecule has 1 aliphatic carbocycles. The highest BCUT2D eigenvalue weighted by Crippen LogP contribution is 2.43. The second kappa shape index (κ2) is 9.37. The predicted molar refractivity (Wildman–Crippen MR) is 115 cm³/mol. The summed E-state index contributed by atoms with van der Waals surface area (Å²) in [5.41, 5.74) is 2.73. The maximum absolute atomic E-state index is 14.8. The first kappa shape index (κ1) is 21.8. The number of ether oxygens (including phenoxy) is 2. The van der Waals surface area contributed by atoms with E-state index in [0.717, 1.165) is 31.3 Å². The summed E-state index contributed by atoms with van der Waals surface area (Å²) in [6.07, 6.45) is 9.24. The Labute approximate surface area is 182 Å². The van der Waals surface area contributed by atoms with Gasteiger partial charge in [0.15, 0.2) is 23.1 Å². The van der Waals surface area contributed by atoms with Gasteiger partial charge >= 0.3 is 0 Å². The third kappa shape index (κ3) is 4.46. The summed E-state index contributed by atoms with van der Waals surface area (Å²) >= 11 is 0. The van der Waals surface area contributed by atoms with Crippen LogP contribution in [-0.2, 0) is 12.8 Å². The molecule has 0 aromatic heterocycles. The Balaban J connectivity index is 1.52. The number of benzene rings is 2. The molecule has 2 aliphatic rings. The van der Waals surface area contributed by atoms with E-state index in [4.69, 9.17) is 9.47 Å². The van der Waals surface area contributed by atoms with E-state index in [9.17, 15) is 13.2 Å². The van der Waals surface area contributed by atoms with Gasteiger partial charge in [-0.1, -0.05) is 51.3 Å². The Morgan fingerprint density at radius 2 is 1.81 bits per heavy atom. The third-order valence-electron chi connectivity index (χ3n) is 6.29. The van der Waals surface area contributed by atoms with Crippen LogP contribution in [0, 0.1) is 23.4 Å². The smallest absolute Gasteiger partial charge is 0.205 e. The lowest BCUT2D eigenvalue weighted by atomic mass is 9.87. The first-order chi connectivity index (χ1) is 15.0. The van der Waals surface area contributed by atoms with Gasteiger partial charge in [0.2, 0.25) is 11.6 Å². The highest BCUT2D eigenvalue weighted by Gasteiger charge is 2.29. The first-order valence-electron chi connectivity index (χ1n) is 11.3. The van der Waals surface area contributed by atoms with Crippen molar-refractivity contribution in [1.29, 1.82) is 0 Å². The average Bonchev–Trinajstić information content (AvgIpc) is 2.78. The molecule has 2 nitrogen and oxygen atoms in total. The largest absolute Gasteiger partial charge is 0.486 e. The van der Waals surface area contributed by atoms with Gasteiger partial charge in [-0.3, -0.25) is 0 Å². The number of fused-ring (bicyclic) bond motifs is 2. The summed E-state index contributed by atoms with van der Waals surface area (Å²) in [5.74, 6) is -2.36. The van der Waals surface area contributed by atoms with Crippen molar-refractivity contribution in [3.63, 3.8) is 0 Å². The lowest BCUT2D eigenvalue weighted by Gasteiger charge is -2.24. The standard InChI is InChI=1S/C26H29F3O2/c1-3-5-16-7-9-17(10-8-16)15-30-21-14-20-13-19-12-11-18(6-4-2)22(27)25(19)31-26(20)24(29)23(21)28/h9,11-12,14,16H,3-8,10,13,15H2,1-2H3. The van der Waals surface area contributed by atoms with Crippen LogP contribution >= 0.6 is 0 Å². The van der Waals surface area contributed by atoms with Crippen LogP contribution in [0.15, 0.2) is 29.8 Å². The molecule has 31 heavy (non-hydrogen) atoms. The van der Waals surface area contributed by atoms with E-state index in [1.54, 1.807) is 12.1 Å². The Morgan fingerprint density at radius 1 is 1.00 bits per heavy atom. The Bertz CT molecular complexity index is 997. The molecular formula is C26H29F3O2. The van der Waals surface area contributed by atoms with Crippen LogP contribution < -0.4 is 9.47 Å².